The second kappa shape index (κ2) is 7.73. The van der Waals surface area contributed by atoms with Crippen LogP contribution in [0, 0.1) is 11.8 Å². The third kappa shape index (κ3) is 3.64. The molecule has 2 aliphatic heterocycles. The molecule has 2 aliphatic rings. The first-order valence-electron chi connectivity index (χ1n) is 9.96. The van der Waals surface area contributed by atoms with Gasteiger partial charge in [0.15, 0.2) is 22.9 Å². The minimum absolute atomic E-state index is 0.0846. The summed E-state index contributed by atoms with van der Waals surface area (Å²) in [4.78, 5) is 23.2. The molecule has 0 aliphatic carbocycles. The summed E-state index contributed by atoms with van der Waals surface area (Å²) in [5, 5.41) is 10.9. The summed E-state index contributed by atoms with van der Waals surface area (Å²) in [6.07, 6.45) is 6.16. The zero-order chi connectivity index (χ0) is 20.5. The molecule has 1 saturated heterocycles. The lowest BCUT2D eigenvalue weighted by molar-refractivity contribution is 0.0523. The maximum absolute atomic E-state index is 12.6. The number of carbonyl (C=O) groups excluding carboxylic acids is 1. The largest absolute Gasteiger partial charge is 0.504 e. The first kappa shape index (κ1) is 19.2. The highest BCUT2D eigenvalue weighted by Crippen LogP contribution is 2.41. The van der Waals surface area contributed by atoms with Gasteiger partial charge in [-0.15, -0.1) is 0 Å². The van der Waals surface area contributed by atoms with Crippen molar-refractivity contribution in [3.63, 3.8) is 0 Å². The van der Waals surface area contributed by atoms with E-state index in [0.29, 0.717) is 23.5 Å². The third-order valence-corrected chi connectivity index (χ3v) is 5.24. The van der Waals surface area contributed by atoms with Crippen molar-refractivity contribution in [3.05, 3.63) is 35.2 Å². The zero-order valence-corrected chi connectivity index (χ0v) is 16.9. The van der Waals surface area contributed by atoms with Gasteiger partial charge in [0.25, 0.3) is 0 Å². The molecule has 2 aromatic heterocycles. The van der Waals surface area contributed by atoms with Gasteiger partial charge >= 0.3 is 5.97 Å². The molecule has 0 aromatic carbocycles. The van der Waals surface area contributed by atoms with Crippen molar-refractivity contribution < 1.29 is 19.1 Å². The first-order valence-corrected chi connectivity index (χ1v) is 9.96. The summed E-state index contributed by atoms with van der Waals surface area (Å²) < 4.78 is 11.2. The Kier molecular flexibility index (Phi) is 5.13. The monoisotopic (exact) mass is 395 g/mol. The number of esters is 1. The molecule has 0 spiro atoms. The third-order valence-electron chi connectivity index (χ3n) is 5.24. The molecule has 152 valence electrons. The molecule has 0 amide bonds. The van der Waals surface area contributed by atoms with E-state index in [-0.39, 0.29) is 23.7 Å². The number of allylic oxidation sites excluding steroid dienone is 1. The molecule has 7 heteroatoms. The van der Waals surface area contributed by atoms with E-state index in [1.807, 2.05) is 17.0 Å². The summed E-state index contributed by atoms with van der Waals surface area (Å²) >= 11 is 0. The average molecular weight is 395 g/mol. The van der Waals surface area contributed by atoms with Crippen molar-refractivity contribution in [1.29, 1.82) is 0 Å². The molecular weight excluding hydrogens is 370 g/mol. The number of hydrogen-bond acceptors (Lipinski definition) is 7. The molecule has 4 heterocycles. The maximum atomic E-state index is 12.6. The molecule has 0 saturated carbocycles. The minimum atomic E-state index is -0.582. The maximum Gasteiger partial charge on any atom is 0.347 e. The van der Waals surface area contributed by atoms with Crippen LogP contribution >= 0.6 is 0 Å². The van der Waals surface area contributed by atoms with E-state index in [2.05, 4.69) is 23.8 Å². The van der Waals surface area contributed by atoms with Gasteiger partial charge in [-0.25, -0.2) is 14.8 Å². The molecular formula is C22H25N3O4. The number of ether oxygens (including phenoxy) is 1. The molecule has 2 atom stereocenters. The number of piperidine rings is 1. The van der Waals surface area contributed by atoms with Gasteiger partial charge in [-0.05, 0) is 43.4 Å². The predicted octanol–water partition coefficient (Wildman–Crippen LogP) is 4.30. The summed E-state index contributed by atoms with van der Waals surface area (Å²) in [6.45, 7) is 7.83. The lowest BCUT2D eigenvalue weighted by atomic mass is 9.92. The van der Waals surface area contributed by atoms with Crippen LogP contribution in [0.15, 0.2) is 27.7 Å². The molecule has 4 rings (SSSR count). The van der Waals surface area contributed by atoms with Crippen molar-refractivity contribution >= 4 is 35.5 Å². The second-order valence-electron chi connectivity index (χ2n) is 7.80. The van der Waals surface area contributed by atoms with Gasteiger partial charge < -0.3 is 19.2 Å². The Morgan fingerprint density at radius 2 is 2.14 bits per heavy atom. The van der Waals surface area contributed by atoms with Gasteiger partial charge in [0.1, 0.15) is 0 Å². The van der Waals surface area contributed by atoms with Gasteiger partial charge in [-0.1, -0.05) is 13.8 Å². The van der Waals surface area contributed by atoms with Crippen LogP contribution in [0.4, 0.5) is 11.7 Å². The standard InChI is InChI=1S/C22H25N3O4/c1-4-28-22(27)18-19(26)17(9-15-10-24-20-16(15)6-5-7-23-20)29-21(18)25-11-13(2)8-14(3)12-25/h5-7,9-10,13-14,26H,4,8,11-12H2,1-3H3/t13-,14-/m0/s1. The van der Waals surface area contributed by atoms with E-state index in [4.69, 9.17) is 9.15 Å². The van der Waals surface area contributed by atoms with Gasteiger partial charge in [0.2, 0.25) is 5.88 Å². The average Bonchev–Trinajstić information content (AvgIpc) is 3.23. The fraction of sp³-hybridized carbons (Fsp3) is 0.409. The van der Waals surface area contributed by atoms with Crippen LogP contribution in [0.5, 0.6) is 5.75 Å². The Labute approximate surface area is 169 Å². The molecule has 1 N–H and O–H groups in total. The Hall–Kier alpha value is -3.09. The smallest absolute Gasteiger partial charge is 0.347 e. The quantitative estimate of drug-likeness (QED) is 0.777. The number of furan rings is 1. The van der Waals surface area contributed by atoms with Gasteiger partial charge in [-0.3, -0.25) is 0 Å². The summed E-state index contributed by atoms with van der Waals surface area (Å²) in [7, 11) is 0. The lowest BCUT2D eigenvalue weighted by Gasteiger charge is -2.35. The summed E-state index contributed by atoms with van der Waals surface area (Å²) in [5.74, 6) is 1.34. The van der Waals surface area contributed by atoms with Crippen LogP contribution in [-0.4, -0.2) is 42.0 Å². The molecule has 0 radical (unpaired) electrons. The molecule has 0 unspecified atom stereocenters. The number of fused-ring (bicyclic) bond motifs is 1. The van der Waals surface area contributed by atoms with Crippen LogP contribution in [0.3, 0.4) is 0 Å². The van der Waals surface area contributed by atoms with E-state index in [9.17, 15) is 9.90 Å². The molecule has 7 nitrogen and oxygen atoms in total. The number of anilines is 1. The molecule has 0 bridgehead atoms. The van der Waals surface area contributed by atoms with Crippen LogP contribution in [0.2, 0.25) is 0 Å². The Morgan fingerprint density at radius 1 is 1.38 bits per heavy atom. The van der Waals surface area contributed by atoms with Gasteiger partial charge in [-0.2, -0.15) is 0 Å². The van der Waals surface area contributed by atoms with Crippen molar-refractivity contribution in [1.82, 2.24) is 4.98 Å². The summed E-state index contributed by atoms with van der Waals surface area (Å²) in [5.41, 5.74) is 1.70. The lowest BCUT2D eigenvalue weighted by Crippen LogP contribution is -2.39. The van der Waals surface area contributed by atoms with Crippen molar-refractivity contribution in [2.45, 2.75) is 27.2 Å². The van der Waals surface area contributed by atoms with E-state index in [0.717, 1.165) is 30.6 Å². The van der Waals surface area contributed by atoms with E-state index >= 15 is 0 Å². The second-order valence-corrected chi connectivity index (χ2v) is 7.80. The first-order chi connectivity index (χ1) is 14.0. The van der Waals surface area contributed by atoms with Crippen molar-refractivity contribution in [2.24, 2.45) is 16.8 Å². The van der Waals surface area contributed by atoms with Gasteiger partial charge in [0, 0.05) is 36.6 Å². The molecule has 29 heavy (non-hydrogen) atoms. The summed E-state index contributed by atoms with van der Waals surface area (Å²) in [6, 6.07) is 3.73. The van der Waals surface area contributed by atoms with Crippen LogP contribution in [-0.2, 0) is 4.74 Å². The minimum Gasteiger partial charge on any atom is -0.504 e. The van der Waals surface area contributed by atoms with Crippen molar-refractivity contribution in [2.75, 3.05) is 24.6 Å². The topological polar surface area (TPSA) is 88.2 Å². The fourth-order valence-corrected chi connectivity index (χ4v) is 4.15. The van der Waals surface area contributed by atoms with Crippen LogP contribution in [0.25, 0.3) is 11.6 Å². The Morgan fingerprint density at radius 3 is 2.86 bits per heavy atom. The normalized spacial score (nSPS) is 22.2. The number of aliphatic imine (C=N–C) groups is 1. The highest BCUT2D eigenvalue weighted by molar-refractivity contribution is 6.21. The Bertz CT molecular complexity index is 982. The zero-order valence-electron chi connectivity index (χ0n) is 16.9. The highest BCUT2D eigenvalue weighted by atomic mass is 16.5. The van der Waals surface area contributed by atoms with Crippen LogP contribution < -0.4 is 4.90 Å². The SMILES string of the molecule is CCOC(=O)c1c(N2C[C@@H](C)C[C@H](C)C2)oc(C=C2C=Nc3ncccc32)c1O. The number of carbonyl (C=O) groups is 1. The van der Waals surface area contributed by atoms with Gasteiger partial charge in [0.05, 0.1) is 6.61 Å². The van der Waals surface area contributed by atoms with E-state index in [1.165, 1.54) is 0 Å². The number of aromatic hydroxyl groups is 1. The van der Waals surface area contributed by atoms with Crippen LogP contribution in [0.1, 0.15) is 48.9 Å². The fourth-order valence-electron chi connectivity index (χ4n) is 4.15. The number of hydrogen-bond donors (Lipinski definition) is 1. The van der Waals surface area contributed by atoms with E-state index in [1.54, 1.807) is 25.4 Å². The predicted molar refractivity (Wildman–Crippen MR) is 112 cm³/mol. The molecule has 2 aromatic rings. The van der Waals surface area contributed by atoms with E-state index < -0.39 is 5.97 Å². The number of rotatable bonds is 4. The van der Waals surface area contributed by atoms with Crippen molar-refractivity contribution in [3.8, 4) is 5.75 Å². The number of aromatic nitrogens is 1. The number of pyridine rings is 1. The molecule has 1 fully saturated rings. The highest BCUT2D eigenvalue weighted by Gasteiger charge is 2.33. The number of nitrogens with zero attached hydrogens (tertiary/aromatic N) is 3. The Balaban J connectivity index is 1.77.